The molecule has 2 heteroatoms. The average molecular weight is 221 g/mol. The van der Waals surface area contributed by atoms with Gasteiger partial charge in [0.15, 0.2) is 0 Å². The van der Waals surface area contributed by atoms with E-state index in [0.717, 1.165) is 23.5 Å². The van der Waals surface area contributed by atoms with Gasteiger partial charge in [0.25, 0.3) is 0 Å². The van der Waals surface area contributed by atoms with Crippen LogP contribution in [0.5, 0.6) is 0 Å². The van der Waals surface area contributed by atoms with E-state index >= 15 is 0 Å². The van der Waals surface area contributed by atoms with E-state index in [2.05, 4.69) is 5.32 Å². The number of benzene rings is 1. The second-order valence-electron chi connectivity index (χ2n) is 4.85. The maximum absolute atomic E-state index is 14.0. The summed E-state index contributed by atoms with van der Waals surface area (Å²) in [4.78, 5) is 0. The lowest BCUT2D eigenvalue weighted by Crippen LogP contribution is -2.24. The normalized spacial score (nSPS) is 18.2. The monoisotopic (exact) mass is 221 g/mol. The summed E-state index contributed by atoms with van der Waals surface area (Å²) in [5.74, 6) is 0.749. The van der Waals surface area contributed by atoms with Crippen LogP contribution in [-0.2, 0) is 0 Å². The van der Waals surface area contributed by atoms with Crippen LogP contribution in [0.2, 0.25) is 0 Å². The van der Waals surface area contributed by atoms with Crippen LogP contribution >= 0.6 is 0 Å². The lowest BCUT2D eigenvalue weighted by atomic mass is 9.79. The summed E-state index contributed by atoms with van der Waals surface area (Å²) in [6, 6.07) is 5.85. The van der Waals surface area contributed by atoms with Gasteiger partial charge in [-0.2, -0.15) is 0 Å². The Morgan fingerprint density at radius 2 is 2.19 bits per heavy atom. The highest BCUT2D eigenvalue weighted by molar-refractivity contribution is 5.27. The van der Waals surface area contributed by atoms with E-state index in [1.807, 2.05) is 32.2 Å². The molecule has 0 saturated heterocycles. The molecule has 1 N–H and O–H groups in total. The molecule has 1 aliphatic carbocycles. The van der Waals surface area contributed by atoms with Gasteiger partial charge < -0.3 is 5.32 Å². The van der Waals surface area contributed by atoms with Crippen molar-refractivity contribution in [1.82, 2.24) is 5.32 Å². The van der Waals surface area contributed by atoms with E-state index in [-0.39, 0.29) is 11.9 Å². The minimum atomic E-state index is -0.0406. The molecular weight excluding hydrogens is 201 g/mol. The highest BCUT2D eigenvalue weighted by Crippen LogP contribution is 2.35. The molecule has 0 aromatic heterocycles. The standard InChI is InChI=1S/C14H20FN/c1-10-5-3-8-12(14(10)15)13(16-2)9-11-6-4-7-11/h3,5,8,11,13,16H,4,6-7,9H2,1-2H3. The van der Waals surface area contributed by atoms with Crippen molar-refractivity contribution in [3.8, 4) is 0 Å². The summed E-state index contributed by atoms with van der Waals surface area (Å²) in [5, 5.41) is 3.25. The zero-order valence-electron chi connectivity index (χ0n) is 10.1. The Labute approximate surface area is 97.1 Å². The summed E-state index contributed by atoms with van der Waals surface area (Å²) >= 11 is 0. The number of rotatable bonds is 4. The van der Waals surface area contributed by atoms with Crippen LogP contribution < -0.4 is 5.32 Å². The van der Waals surface area contributed by atoms with Gasteiger partial charge in [0.2, 0.25) is 0 Å². The van der Waals surface area contributed by atoms with Crippen molar-refractivity contribution < 1.29 is 4.39 Å². The smallest absolute Gasteiger partial charge is 0.130 e. The quantitative estimate of drug-likeness (QED) is 0.819. The summed E-state index contributed by atoms with van der Waals surface area (Å²) in [6.45, 7) is 1.83. The molecule has 16 heavy (non-hydrogen) atoms. The number of halogens is 1. The van der Waals surface area contributed by atoms with Gasteiger partial charge in [0.05, 0.1) is 0 Å². The number of hydrogen-bond donors (Lipinski definition) is 1. The van der Waals surface area contributed by atoms with Crippen LogP contribution in [-0.4, -0.2) is 7.05 Å². The van der Waals surface area contributed by atoms with Crippen molar-refractivity contribution in [2.24, 2.45) is 5.92 Å². The Hall–Kier alpha value is -0.890. The number of hydrogen-bond acceptors (Lipinski definition) is 1. The molecule has 1 aromatic rings. The molecule has 0 aliphatic heterocycles. The molecule has 1 atom stereocenters. The molecule has 0 spiro atoms. The molecule has 1 aromatic carbocycles. The highest BCUT2D eigenvalue weighted by Gasteiger charge is 2.24. The molecule has 0 amide bonds. The zero-order chi connectivity index (χ0) is 11.5. The third kappa shape index (κ3) is 2.27. The Morgan fingerprint density at radius 1 is 1.44 bits per heavy atom. The first-order valence-corrected chi connectivity index (χ1v) is 6.14. The number of aryl methyl sites for hydroxylation is 1. The summed E-state index contributed by atoms with van der Waals surface area (Å²) in [5.41, 5.74) is 1.57. The van der Waals surface area contributed by atoms with Gasteiger partial charge in [-0.25, -0.2) is 4.39 Å². The van der Waals surface area contributed by atoms with Crippen molar-refractivity contribution in [2.75, 3.05) is 7.05 Å². The molecule has 2 rings (SSSR count). The van der Waals surface area contributed by atoms with E-state index in [4.69, 9.17) is 0 Å². The van der Waals surface area contributed by atoms with Crippen molar-refractivity contribution in [3.05, 3.63) is 35.1 Å². The van der Waals surface area contributed by atoms with Gasteiger partial charge in [0.1, 0.15) is 5.82 Å². The molecule has 1 aliphatic rings. The third-order valence-corrected chi connectivity index (χ3v) is 3.74. The SMILES string of the molecule is CNC(CC1CCC1)c1cccc(C)c1F. The van der Waals surface area contributed by atoms with Crippen LogP contribution in [0.25, 0.3) is 0 Å². The lowest BCUT2D eigenvalue weighted by molar-refractivity contribution is 0.263. The topological polar surface area (TPSA) is 12.0 Å². The van der Waals surface area contributed by atoms with E-state index in [1.165, 1.54) is 19.3 Å². The molecule has 0 heterocycles. The summed E-state index contributed by atoms with van der Waals surface area (Å²) in [6.07, 6.45) is 5.03. The maximum Gasteiger partial charge on any atom is 0.130 e. The fourth-order valence-electron chi connectivity index (χ4n) is 2.40. The molecule has 1 fully saturated rings. The van der Waals surface area contributed by atoms with Gasteiger partial charge in [0, 0.05) is 11.6 Å². The molecule has 0 bridgehead atoms. The number of nitrogens with one attached hydrogen (secondary N) is 1. The Kier molecular flexibility index (Phi) is 3.59. The summed E-state index contributed by atoms with van der Waals surface area (Å²) in [7, 11) is 1.92. The fraction of sp³-hybridized carbons (Fsp3) is 0.571. The van der Waals surface area contributed by atoms with Crippen LogP contribution in [0, 0.1) is 18.7 Å². The first kappa shape index (κ1) is 11.6. The van der Waals surface area contributed by atoms with Crippen molar-refractivity contribution in [2.45, 2.75) is 38.6 Å². The van der Waals surface area contributed by atoms with Crippen LogP contribution in [0.3, 0.4) is 0 Å². The largest absolute Gasteiger partial charge is 0.313 e. The second-order valence-corrected chi connectivity index (χ2v) is 4.85. The van der Waals surface area contributed by atoms with Gasteiger partial charge in [-0.15, -0.1) is 0 Å². The molecule has 1 unspecified atom stereocenters. The minimum absolute atomic E-state index is 0.0406. The van der Waals surface area contributed by atoms with Crippen LogP contribution in [0.15, 0.2) is 18.2 Å². The molecule has 88 valence electrons. The second kappa shape index (κ2) is 4.96. The zero-order valence-corrected chi connectivity index (χ0v) is 10.1. The van der Waals surface area contributed by atoms with Gasteiger partial charge in [-0.1, -0.05) is 37.5 Å². The van der Waals surface area contributed by atoms with E-state index in [0.29, 0.717) is 0 Å². The van der Waals surface area contributed by atoms with Gasteiger partial charge >= 0.3 is 0 Å². The maximum atomic E-state index is 14.0. The Bertz CT molecular complexity index is 358. The van der Waals surface area contributed by atoms with Gasteiger partial charge in [-0.3, -0.25) is 0 Å². The van der Waals surface area contributed by atoms with E-state index < -0.39 is 0 Å². The van der Waals surface area contributed by atoms with Gasteiger partial charge in [-0.05, 0) is 31.9 Å². The Morgan fingerprint density at radius 3 is 2.75 bits per heavy atom. The van der Waals surface area contributed by atoms with Crippen LogP contribution in [0.1, 0.15) is 42.9 Å². The third-order valence-electron chi connectivity index (χ3n) is 3.74. The lowest BCUT2D eigenvalue weighted by Gasteiger charge is -2.30. The first-order chi connectivity index (χ1) is 7.72. The van der Waals surface area contributed by atoms with Crippen molar-refractivity contribution >= 4 is 0 Å². The first-order valence-electron chi connectivity index (χ1n) is 6.14. The Balaban J connectivity index is 2.15. The van der Waals surface area contributed by atoms with Crippen LogP contribution in [0.4, 0.5) is 4.39 Å². The van der Waals surface area contributed by atoms with E-state index in [1.54, 1.807) is 0 Å². The minimum Gasteiger partial charge on any atom is -0.313 e. The van der Waals surface area contributed by atoms with Crippen molar-refractivity contribution in [1.29, 1.82) is 0 Å². The predicted molar refractivity (Wildman–Crippen MR) is 64.9 cm³/mol. The molecule has 1 saturated carbocycles. The van der Waals surface area contributed by atoms with Crippen molar-refractivity contribution in [3.63, 3.8) is 0 Å². The summed E-state index contributed by atoms with van der Waals surface area (Å²) < 4.78 is 14.0. The highest BCUT2D eigenvalue weighted by atomic mass is 19.1. The molecule has 0 radical (unpaired) electrons. The molecule has 1 nitrogen and oxygen atoms in total. The fourth-order valence-corrected chi connectivity index (χ4v) is 2.40. The predicted octanol–water partition coefficient (Wildman–Crippen LogP) is 3.58. The van der Waals surface area contributed by atoms with E-state index in [9.17, 15) is 4.39 Å². The molecular formula is C14H20FN. The average Bonchev–Trinajstić information content (AvgIpc) is 2.22.